The molecule has 17 heavy (non-hydrogen) atoms. The van der Waals surface area contributed by atoms with Crippen LogP contribution in [0.5, 0.6) is 0 Å². The minimum absolute atomic E-state index is 0.135. The second kappa shape index (κ2) is 4.35. The van der Waals surface area contributed by atoms with Crippen LogP contribution in [0.1, 0.15) is 31.0 Å². The summed E-state index contributed by atoms with van der Waals surface area (Å²) in [5.41, 5.74) is 7.94. The van der Waals surface area contributed by atoms with Gasteiger partial charge in [-0.2, -0.15) is 0 Å². The van der Waals surface area contributed by atoms with Crippen molar-refractivity contribution in [3.8, 4) is 0 Å². The molecule has 1 aromatic carbocycles. The minimum Gasteiger partial charge on any atom is -0.370 e. The number of benzene rings is 1. The number of nitrogens with two attached hydrogens (primary N) is 1. The lowest BCUT2D eigenvalue weighted by molar-refractivity contribution is 0.289. The van der Waals surface area contributed by atoms with Crippen LogP contribution in [0.3, 0.4) is 0 Å². The second-order valence-electron chi connectivity index (χ2n) is 4.72. The van der Waals surface area contributed by atoms with Crippen molar-refractivity contribution in [2.75, 3.05) is 6.54 Å². The number of hydrogen-bond donors (Lipinski definition) is 1. The van der Waals surface area contributed by atoms with Crippen LogP contribution in [0.25, 0.3) is 0 Å². The van der Waals surface area contributed by atoms with E-state index in [1.807, 2.05) is 13.0 Å². The van der Waals surface area contributed by atoms with Gasteiger partial charge in [-0.3, -0.25) is 4.99 Å². The van der Waals surface area contributed by atoms with Gasteiger partial charge in [0.15, 0.2) is 5.96 Å². The fourth-order valence-corrected chi connectivity index (χ4v) is 2.39. The standard InChI is InChI=1S/C13H18FN3/c1-8(2)17-12(7-16-13(17)15)11-5-4-10(14)6-9(11)3/h4-6,8,12H,7H2,1-3H3,(H2,15,16). The van der Waals surface area contributed by atoms with Gasteiger partial charge in [-0.1, -0.05) is 6.07 Å². The van der Waals surface area contributed by atoms with Gasteiger partial charge in [-0.15, -0.1) is 0 Å². The van der Waals surface area contributed by atoms with Gasteiger partial charge in [0.05, 0.1) is 12.6 Å². The largest absolute Gasteiger partial charge is 0.370 e. The first-order valence-corrected chi connectivity index (χ1v) is 5.85. The number of aliphatic imine (C=N–C) groups is 1. The highest BCUT2D eigenvalue weighted by molar-refractivity contribution is 5.80. The molecule has 2 N–H and O–H groups in total. The zero-order valence-corrected chi connectivity index (χ0v) is 10.4. The monoisotopic (exact) mass is 235 g/mol. The molecule has 0 saturated heterocycles. The first kappa shape index (κ1) is 11.9. The van der Waals surface area contributed by atoms with Crippen molar-refractivity contribution in [3.63, 3.8) is 0 Å². The molecule has 1 aliphatic rings. The molecule has 0 fully saturated rings. The van der Waals surface area contributed by atoms with Gasteiger partial charge in [-0.05, 0) is 44.0 Å². The SMILES string of the molecule is Cc1cc(F)ccc1C1CN=C(N)N1C(C)C. The summed E-state index contributed by atoms with van der Waals surface area (Å²) in [6, 6.07) is 5.31. The van der Waals surface area contributed by atoms with Crippen LogP contribution < -0.4 is 5.73 Å². The van der Waals surface area contributed by atoms with E-state index in [1.54, 1.807) is 6.07 Å². The van der Waals surface area contributed by atoms with E-state index in [2.05, 4.69) is 23.7 Å². The molecule has 1 atom stereocenters. The smallest absolute Gasteiger partial charge is 0.192 e. The maximum Gasteiger partial charge on any atom is 0.192 e. The fraction of sp³-hybridized carbons (Fsp3) is 0.462. The summed E-state index contributed by atoms with van der Waals surface area (Å²) in [6.45, 7) is 6.74. The first-order valence-electron chi connectivity index (χ1n) is 5.85. The predicted octanol–water partition coefficient (Wildman–Crippen LogP) is 2.21. The summed E-state index contributed by atoms with van der Waals surface area (Å²) in [5.74, 6) is 0.378. The first-order chi connectivity index (χ1) is 8.00. The molecule has 0 saturated carbocycles. The van der Waals surface area contributed by atoms with Gasteiger partial charge in [0.1, 0.15) is 5.82 Å². The van der Waals surface area contributed by atoms with Crippen LogP contribution in [0, 0.1) is 12.7 Å². The highest BCUT2D eigenvalue weighted by atomic mass is 19.1. The van der Waals surface area contributed by atoms with E-state index in [-0.39, 0.29) is 17.9 Å². The molecule has 0 amide bonds. The summed E-state index contributed by atoms with van der Waals surface area (Å²) in [7, 11) is 0. The molecule has 1 aliphatic heterocycles. The normalized spacial score (nSPS) is 19.9. The number of guanidine groups is 1. The third kappa shape index (κ3) is 2.12. The Balaban J connectivity index is 2.35. The van der Waals surface area contributed by atoms with Gasteiger partial charge in [0, 0.05) is 6.04 Å². The van der Waals surface area contributed by atoms with E-state index in [4.69, 9.17) is 5.73 Å². The van der Waals surface area contributed by atoms with Crippen LogP contribution >= 0.6 is 0 Å². The van der Waals surface area contributed by atoms with Gasteiger partial charge in [0.2, 0.25) is 0 Å². The molecular formula is C13H18FN3. The topological polar surface area (TPSA) is 41.6 Å². The number of nitrogens with zero attached hydrogens (tertiary/aromatic N) is 2. The summed E-state index contributed by atoms with van der Waals surface area (Å²) >= 11 is 0. The number of aryl methyl sites for hydroxylation is 1. The zero-order valence-electron chi connectivity index (χ0n) is 10.4. The molecule has 4 heteroatoms. The van der Waals surface area contributed by atoms with Crippen LogP contribution in [0.2, 0.25) is 0 Å². The Bertz CT molecular complexity index is 454. The Morgan fingerprint density at radius 3 is 2.76 bits per heavy atom. The van der Waals surface area contributed by atoms with Crippen LogP contribution in [-0.4, -0.2) is 23.4 Å². The lowest BCUT2D eigenvalue weighted by atomic mass is 10.00. The average molecular weight is 235 g/mol. The maximum absolute atomic E-state index is 13.1. The molecule has 3 nitrogen and oxygen atoms in total. The Morgan fingerprint density at radius 2 is 2.18 bits per heavy atom. The molecule has 2 rings (SSSR count). The third-order valence-corrected chi connectivity index (χ3v) is 3.17. The lowest BCUT2D eigenvalue weighted by Gasteiger charge is -2.31. The van der Waals surface area contributed by atoms with Crippen molar-refractivity contribution in [1.82, 2.24) is 4.90 Å². The zero-order chi connectivity index (χ0) is 12.6. The van der Waals surface area contributed by atoms with Gasteiger partial charge >= 0.3 is 0 Å². The predicted molar refractivity (Wildman–Crippen MR) is 67.3 cm³/mol. The molecule has 0 aliphatic carbocycles. The molecule has 0 spiro atoms. The summed E-state index contributed by atoms with van der Waals surface area (Å²) < 4.78 is 13.1. The van der Waals surface area contributed by atoms with Crippen molar-refractivity contribution >= 4 is 5.96 Å². The van der Waals surface area contributed by atoms with E-state index in [0.717, 1.165) is 11.1 Å². The molecular weight excluding hydrogens is 217 g/mol. The molecule has 0 aromatic heterocycles. The van der Waals surface area contributed by atoms with Crippen molar-refractivity contribution in [3.05, 3.63) is 35.1 Å². The van der Waals surface area contributed by atoms with Gasteiger partial charge in [0.25, 0.3) is 0 Å². The second-order valence-corrected chi connectivity index (χ2v) is 4.72. The Morgan fingerprint density at radius 1 is 1.47 bits per heavy atom. The number of hydrogen-bond acceptors (Lipinski definition) is 3. The Hall–Kier alpha value is -1.58. The minimum atomic E-state index is -0.200. The summed E-state index contributed by atoms with van der Waals surface area (Å²) in [4.78, 5) is 6.37. The summed E-state index contributed by atoms with van der Waals surface area (Å²) in [5, 5.41) is 0. The Kier molecular flexibility index (Phi) is 3.05. The number of halogens is 1. The van der Waals surface area contributed by atoms with Crippen molar-refractivity contribution < 1.29 is 4.39 Å². The van der Waals surface area contributed by atoms with Gasteiger partial charge < -0.3 is 10.6 Å². The quantitative estimate of drug-likeness (QED) is 0.854. The van der Waals surface area contributed by atoms with E-state index in [0.29, 0.717) is 12.5 Å². The van der Waals surface area contributed by atoms with Gasteiger partial charge in [-0.25, -0.2) is 4.39 Å². The maximum atomic E-state index is 13.1. The van der Waals surface area contributed by atoms with E-state index >= 15 is 0 Å². The van der Waals surface area contributed by atoms with Crippen LogP contribution in [-0.2, 0) is 0 Å². The fourth-order valence-electron chi connectivity index (χ4n) is 2.39. The van der Waals surface area contributed by atoms with Crippen molar-refractivity contribution in [2.24, 2.45) is 10.7 Å². The number of rotatable bonds is 2. The summed E-state index contributed by atoms with van der Waals surface area (Å²) in [6.07, 6.45) is 0. The van der Waals surface area contributed by atoms with Crippen LogP contribution in [0.15, 0.2) is 23.2 Å². The molecule has 1 aromatic rings. The molecule has 92 valence electrons. The highest BCUT2D eigenvalue weighted by Crippen LogP contribution is 2.29. The molecule has 0 radical (unpaired) electrons. The van der Waals surface area contributed by atoms with Crippen LogP contribution in [0.4, 0.5) is 4.39 Å². The average Bonchev–Trinajstić information content (AvgIpc) is 2.60. The van der Waals surface area contributed by atoms with E-state index in [9.17, 15) is 4.39 Å². The molecule has 0 bridgehead atoms. The highest BCUT2D eigenvalue weighted by Gasteiger charge is 2.30. The molecule has 1 heterocycles. The Labute approximate surface area is 101 Å². The van der Waals surface area contributed by atoms with Crippen molar-refractivity contribution in [1.29, 1.82) is 0 Å². The third-order valence-electron chi connectivity index (χ3n) is 3.17. The van der Waals surface area contributed by atoms with E-state index < -0.39 is 0 Å². The van der Waals surface area contributed by atoms with E-state index in [1.165, 1.54) is 6.07 Å². The molecule has 1 unspecified atom stereocenters. The van der Waals surface area contributed by atoms with Crippen molar-refractivity contribution in [2.45, 2.75) is 32.9 Å². The lowest BCUT2D eigenvalue weighted by Crippen LogP contribution is -2.41.